The molecule has 0 spiro atoms. The molecular weight excluding hydrogens is 232 g/mol. The summed E-state index contributed by atoms with van der Waals surface area (Å²) < 4.78 is 4.82. The Bertz CT molecular complexity index is 513. The minimum absolute atomic E-state index is 0.254. The number of benzene rings is 1. The lowest BCUT2D eigenvalue weighted by Crippen LogP contribution is -2.19. The van der Waals surface area contributed by atoms with Crippen molar-refractivity contribution in [2.75, 3.05) is 17.7 Å². The number of para-hydroxylation sites is 1. The van der Waals surface area contributed by atoms with Crippen molar-refractivity contribution >= 4 is 17.4 Å². The summed E-state index contributed by atoms with van der Waals surface area (Å²) in [6, 6.07) is 9.05. The number of carbonyl (C=O) groups excluding carboxylic acids is 1. The first-order valence-corrected chi connectivity index (χ1v) is 5.27. The van der Waals surface area contributed by atoms with Gasteiger partial charge in [0.05, 0.1) is 25.2 Å². The van der Waals surface area contributed by atoms with Crippen molar-refractivity contribution in [3.8, 4) is 6.01 Å². The van der Waals surface area contributed by atoms with Gasteiger partial charge in [0.1, 0.15) is 0 Å². The molecule has 2 amide bonds. The molecule has 0 bridgehead atoms. The van der Waals surface area contributed by atoms with E-state index in [-0.39, 0.29) is 12.0 Å². The second kappa shape index (κ2) is 5.62. The predicted octanol–water partition coefficient (Wildman–Crippen LogP) is 2.13. The lowest BCUT2D eigenvalue weighted by atomic mass is 10.3. The van der Waals surface area contributed by atoms with Crippen LogP contribution >= 0.6 is 0 Å². The highest BCUT2D eigenvalue weighted by molar-refractivity contribution is 5.99. The summed E-state index contributed by atoms with van der Waals surface area (Å²) in [5.74, 6) is 0. The van der Waals surface area contributed by atoms with Crippen molar-refractivity contribution in [3.05, 3.63) is 42.7 Å². The van der Waals surface area contributed by atoms with Crippen LogP contribution in [0.1, 0.15) is 0 Å². The smallest absolute Gasteiger partial charge is 0.323 e. The number of nitrogens with zero attached hydrogens (tertiary/aromatic N) is 2. The zero-order valence-corrected chi connectivity index (χ0v) is 9.75. The van der Waals surface area contributed by atoms with Gasteiger partial charge in [-0.25, -0.2) is 14.8 Å². The van der Waals surface area contributed by atoms with Crippen LogP contribution in [0.15, 0.2) is 42.7 Å². The van der Waals surface area contributed by atoms with E-state index in [0.717, 1.165) is 0 Å². The average Bonchev–Trinajstić information content (AvgIpc) is 2.40. The van der Waals surface area contributed by atoms with Crippen molar-refractivity contribution in [3.63, 3.8) is 0 Å². The molecule has 18 heavy (non-hydrogen) atoms. The summed E-state index contributed by atoms with van der Waals surface area (Å²) in [6.07, 6.45) is 2.94. The maximum Gasteiger partial charge on any atom is 0.323 e. The number of rotatable bonds is 3. The molecule has 92 valence electrons. The molecule has 1 aromatic carbocycles. The van der Waals surface area contributed by atoms with Crippen LogP contribution in [0, 0.1) is 0 Å². The molecule has 6 nitrogen and oxygen atoms in total. The van der Waals surface area contributed by atoms with Crippen molar-refractivity contribution in [2.24, 2.45) is 0 Å². The number of hydrogen-bond donors (Lipinski definition) is 2. The van der Waals surface area contributed by atoms with Gasteiger partial charge in [0.2, 0.25) is 0 Å². The quantitative estimate of drug-likeness (QED) is 0.867. The number of anilines is 2. The minimum atomic E-state index is -0.352. The van der Waals surface area contributed by atoms with E-state index in [1.54, 1.807) is 12.1 Å². The highest BCUT2D eigenvalue weighted by Crippen LogP contribution is 2.09. The van der Waals surface area contributed by atoms with Gasteiger partial charge in [-0.15, -0.1) is 0 Å². The van der Waals surface area contributed by atoms with E-state index in [4.69, 9.17) is 4.74 Å². The second-order valence-corrected chi connectivity index (χ2v) is 3.40. The Kier molecular flexibility index (Phi) is 3.70. The Morgan fingerprint density at radius 3 is 2.28 bits per heavy atom. The molecule has 6 heteroatoms. The highest BCUT2D eigenvalue weighted by Gasteiger charge is 2.03. The van der Waals surface area contributed by atoms with E-state index < -0.39 is 0 Å². The Hall–Kier alpha value is -2.63. The van der Waals surface area contributed by atoms with E-state index in [9.17, 15) is 4.79 Å². The molecule has 0 aliphatic rings. The maximum absolute atomic E-state index is 11.6. The molecule has 2 N–H and O–H groups in total. The third-order valence-corrected chi connectivity index (χ3v) is 2.10. The SMILES string of the molecule is COc1ncc(NC(=O)Nc2ccccc2)cn1. The first-order chi connectivity index (χ1) is 8.78. The van der Waals surface area contributed by atoms with Gasteiger partial charge in [-0.2, -0.15) is 0 Å². The van der Waals surface area contributed by atoms with Crippen LogP contribution in [-0.2, 0) is 0 Å². The molecule has 1 aromatic heterocycles. The number of nitrogens with one attached hydrogen (secondary N) is 2. The number of urea groups is 1. The monoisotopic (exact) mass is 244 g/mol. The third-order valence-electron chi connectivity index (χ3n) is 2.10. The van der Waals surface area contributed by atoms with Crippen LogP contribution in [0.25, 0.3) is 0 Å². The van der Waals surface area contributed by atoms with E-state index in [1.807, 2.05) is 18.2 Å². The van der Waals surface area contributed by atoms with E-state index in [1.165, 1.54) is 19.5 Å². The summed E-state index contributed by atoms with van der Waals surface area (Å²) >= 11 is 0. The number of carbonyl (C=O) groups is 1. The second-order valence-electron chi connectivity index (χ2n) is 3.40. The Labute approximate surface area is 104 Å². The van der Waals surface area contributed by atoms with E-state index >= 15 is 0 Å². The van der Waals surface area contributed by atoms with Gasteiger partial charge in [-0.3, -0.25) is 0 Å². The zero-order valence-electron chi connectivity index (χ0n) is 9.75. The van der Waals surface area contributed by atoms with Crippen LogP contribution in [-0.4, -0.2) is 23.1 Å². The number of amides is 2. The molecule has 0 saturated carbocycles. The molecule has 0 atom stereocenters. The van der Waals surface area contributed by atoms with Gasteiger partial charge >= 0.3 is 12.0 Å². The maximum atomic E-state index is 11.6. The first kappa shape index (κ1) is 11.8. The summed E-state index contributed by atoms with van der Waals surface area (Å²) in [5, 5.41) is 5.29. The lowest BCUT2D eigenvalue weighted by Gasteiger charge is -2.06. The number of hydrogen-bond acceptors (Lipinski definition) is 4. The summed E-state index contributed by atoms with van der Waals surface area (Å²) in [4.78, 5) is 19.4. The molecule has 1 heterocycles. The summed E-state index contributed by atoms with van der Waals surface area (Å²) in [7, 11) is 1.48. The van der Waals surface area contributed by atoms with Crippen molar-refractivity contribution in [2.45, 2.75) is 0 Å². The zero-order chi connectivity index (χ0) is 12.8. The van der Waals surface area contributed by atoms with E-state index in [0.29, 0.717) is 11.4 Å². The van der Waals surface area contributed by atoms with Gasteiger partial charge in [-0.05, 0) is 12.1 Å². The fourth-order valence-electron chi connectivity index (χ4n) is 1.30. The Balaban J connectivity index is 1.94. The molecule has 0 unspecified atom stereocenters. The van der Waals surface area contributed by atoms with Gasteiger partial charge in [0.15, 0.2) is 0 Å². The van der Waals surface area contributed by atoms with Crippen LogP contribution in [0.5, 0.6) is 6.01 Å². The standard InChI is InChI=1S/C12H12N4O2/c1-18-12-13-7-10(8-14-12)16-11(17)15-9-5-3-2-4-6-9/h2-8H,1H3,(H2,15,16,17). The van der Waals surface area contributed by atoms with Crippen LogP contribution in [0.4, 0.5) is 16.2 Å². The lowest BCUT2D eigenvalue weighted by molar-refractivity contribution is 0.262. The molecule has 2 aromatic rings. The van der Waals surface area contributed by atoms with Crippen LogP contribution < -0.4 is 15.4 Å². The van der Waals surface area contributed by atoms with Gasteiger partial charge in [0, 0.05) is 5.69 Å². The number of ether oxygens (including phenoxy) is 1. The fraction of sp³-hybridized carbons (Fsp3) is 0.0833. The molecular formula is C12H12N4O2. The first-order valence-electron chi connectivity index (χ1n) is 5.27. The predicted molar refractivity (Wildman–Crippen MR) is 67.7 cm³/mol. The fourth-order valence-corrected chi connectivity index (χ4v) is 1.30. The Morgan fingerprint density at radius 1 is 1.06 bits per heavy atom. The Morgan fingerprint density at radius 2 is 1.67 bits per heavy atom. The van der Waals surface area contributed by atoms with E-state index in [2.05, 4.69) is 20.6 Å². The largest absolute Gasteiger partial charge is 0.467 e. The molecule has 0 fully saturated rings. The summed E-state index contributed by atoms with van der Waals surface area (Å²) in [5.41, 5.74) is 1.20. The van der Waals surface area contributed by atoms with Gasteiger partial charge in [0.25, 0.3) is 0 Å². The van der Waals surface area contributed by atoms with Crippen molar-refractivity contribution in [1.82, 2.24) is 9.97 Å². The van der Waals surface area contributed by atoms with Gasteiger partial charge < -0.3 is 15.4 Å². The number of aromatic nitrogens is 2. The minimum Gasteiger partial charge on any atom is -0.467 e. The highest BCUT2D eigenvalue weighted by atomic mass is 16.5. The van der Waals surface area contributed by atoms with Crippen molar-refractivity contribution < 1.29 is 9.53 Å². The molecule has 0 radical (unpaired) electrons. The molecule has 2 rings (SSSR count). The average molecular weight is 244 g/mol. The summed E-state index contributed by atoms with van der Waals surface area (Å²) in [6.45, 7) is 0. The van der Waals surface area contributed by atoms with Gasteiger partial charge in [-0.1, -0.05) is 18.2 Å². The van der Waals surface area contributed by atoms with Crippen LogP contribution in [0.2, 0.25) is 0 Å². The van der Waals surface area contributed by atoms with Crippen LogP contribution in [0.3, 0.4) is 0 Å². The van der Waals surface area contributed by atoms with Crippen molar-refractivity contribution in [1.29, 1.82) is 0 Å². The molecule has 0 saturated heterocycles. The molecule has 0 aliphatic carbocycles. The number of methoxy groups -OCH3 is 1. The third kappa shape index (κ3) is 3.18. The normalized spacial score (nSPS) is 9.61. The topological polar surface area (TPSA) is 76.1 Å². The molecule has 0 aliphatic heterocycles.